The maximum Gasteiger partial charge on any atom is 2.00 e. The van der Waals surface area contributed by atoms with Crippen LogP contribution in [0.5, 0.6) is 0 Å². The van der Waals surface area contributed by atoms with Gasteiger partial charge in [0.25, 0.3) is 0 Å². The maximum atomic E-state index is 9.31. The van der Waals surface area contributed by atoms with Crippen molar-refractivity contribution in [1.29, 1.82) is 0 Å². The van der Waals surface area contributed by atoms with Gasteiger partial charge in [-0.25, -0.2) is 0 Å². The summed E-state index contributed by atoms with van der Waals surface area (Å²) in [4.78, 5) is 18.5. The van der Waals surface area contributed by atoms with Crippen molar-refractivity contribution in [2.45, 2.75) is 0 Å². The first kappa shape index (κ1) is 12.1. The summed E-state index contributed by atoms with van der Waals surface area (Å²) in [5.41, 5.74) is 0. The molecule has 0 rings (SSSR count). The van der Waals surface area contributed by atoms with E-state index in [1.165, 1.54) is 0 Å². The third-order valence-electron chi connectivity index (χ3n) is 0.125. The second kappa shape index (κ2) is 6.46. The normalized spacial score (nSPS) is 13.0. The molecule has 8 heavy (non-hydrogen) atoms. The van der Waals surface area contributed by atoms with E-state index in [0.717, 1.165) is 0 Å². The Kier molecular flexibility index (Phi) is 9.74. The minimum atomic E-state index is -3.19. The summed E-state index contributed by atoms with van der Waals surface area (Å²) in [6, 6.07) is 0. The summed E-state index contributed by atoms with van der Waals surface area (Å²) in [5, 5.41) is 0. The molecule has 1 N–H and O–H groups in total. The van der Waals surface area contributed by atoms with Crippen LogP contribution in [0.1, 0.15) is 0 Å². The van der Waals surface area contributed by atoms with E-state index in [-0.39, 0.29) is 27.3 Å². The molecule has 0 aromatic rings. The van der Waals surface area contributed by atoms with Crippen LogP contribution in [-0.4, -0.2) is 36.1 Å². The van der Waals surface area contributed by atoms with Gasteiger partial charge in [0, 0.05) is 0 Å². The molecule has 0 heterocycles. The average Bonchev–Trinajstić information content (AvgIpc) is 1.27. The van der Waals surface area contributed by atoms with Crippen molar-refractivity contribution in [3.8, 4) is 0 Å². The summed E-state index contributed by atoms with van der Waals surface area (Å²) in [7, 11) is -3.19. The van der Waals surface area contributed by atoms with Crippen molar-refractivity contribution >= 4 is 47.3 Å². The van der Waals surface area contributed by atoms with Gasteiger partial charge in [0.05, 0.1) is 0 Å². The zero-order chi connectivity index (χ0) is 5.86. The fraction of sp³-hybridized carbons (Fsp3) is 0. The monoisotopic (exact) mass is 352 g/mol. The first-order valence-corrected chi connectivity index (χ1v) is 3.19. The van der Waals surface area contributed by atoms with Gasteiger partial charge < -0.3 is 9.79 Å². The Morgan fingerprint density at radius 1 is 1.62 bits per heavy atom. The largest absolute Gasteiger partial charge is 2.00 e. The smallest absolute Gasteiger partial charge is 0.819 e. The Labute approximate surface area is 69.7 Å². The third kappa shape index (κ3) is 10.3. The van der Waals surface area contributed by atoms with Crippen molar-refractivity contribution in [3.05, 3.63) is 0 Å². The second-order valence-electron chi connectivity index (χ2n) is 0.515. The molecule has 0 aromatic carbocycles. The molecule has 1 atom stereocenters. The average molecular weight is 351 g/mol. The Balaban J connectivity index is 0. The van der Waals surface area contributed by atoms with E-state index in [0.29, 0.717) is 0 Å². The molecule has 0 aliphatic rings. The molecule has 5 nitrogen and oxygen atoms in total. The summed E-state index contributed by atoms with van der Waals surface area (Å²) >= 11 is -2.69. The van der Waals surface area contributed by atoms with Gasteiger partial charge in [0.2, 0.25) is 0 Å². The minimum Gasteiger partial charge on any atom is -0.819 e. The first-order chi connectivity index (χ1) is 3.13. The van der Waals surface area contributed by atoms with Gasteiger partial charge >= 0.3 is 38.7 Å². The maximum absolute atomic E-state index is 9.31. The number of hydrogen-bond donors (Lipinski definition) is 1. The van der Waals surface area contributed by atoms with Gasteiger partial charge in [0.15, 0.2) is 0 Å². The van der Waals surface area contributed by atoms with Crippen molar-refractivity contribution in [2.75, 3.05) is 0 Å². The standard InChI is InChI=1S/HO5PS.Pb/c1-6(2)5-7(3)4;/h(H,3,4);/q-2;+2. The molecular formula is HO5PPbS. The van der Waals surface area contributed by atoms with Crippen LogP contribution in [0.15, 0.2) is 0 Å². The molecule has 0 saturated heterocycles. The van der Waals surface area contributed by atoms with Crippen molar-refractivity contribution in [1.82, 2.24) is 0 Å². The van der Waals surface area contributed by atoms with Gasteiger partial charge in [-0.3, -0.25) is 8.52 Å². The third-order valence-corrected chi connectivity index (χ3v) is 1.12. The molecule has 0 aliphatic carbocycles. The van der Waals surface area contributed by atoms with E-state index in [1.807, 2.05) is 0 Å². The fourth-order valence-corrected chi connectivity index (χ4v) is 0.469. The van der Waals surface area contributed by atoms with Gasteiger partial charge in [0.1, 0.15) is 0 Å². The SMILES string of the molecule is O=S(O)OP([O-])[O-].[Pb+2]. The molecule has 46 valence electrons. The summed E-state index contributed by atoms with van der Waals surface area (Å²) in [6.45, 7) is 0. The summed E-state index contributed by atoms with van der Waals surface area (Å²) in [6.07, 6.45) is 0. The molecule has 0 aromatic heterocycles. The fourth-order valence-electron chi connectivity index (χ4n) is 0.0521. The molecule has 0 aliphatic heterocycles. The van der Waals surface area contributed by atoms with Crippen LogP contribution in [0.3, 0.4) is 0 Å². The molecule has 2 radical (unpaired) electrons. The van der Waals surface area contributed by atoms with Gasteiger partial charge in [-0.15, -0.1) is 8.60 Å². The van der Waals surface area contributed by atoms with Crippen LogP contribution in [0, 0.1) is 0 Å². The van der Waals surface area contributed by atoms with E-state index in [2.05, 4.69) is 3.97 Å². The van der Waals surface area contributed by atoms with E-state index in [1.54, 1.807) is 0 Å². The molecule has 0 amide bonds. The zero-order valence-corrected chi connectivity index (χ0v) is 9.03. The van der Waals surface area contributed by atoms with Crippen LogP contribution in [0.25, 0.3) is 0 Å². The van der Waals surface area contributed by atoms with Crippen LogP contribution >= 0.6 is 8.60 Å². The van der Waals surface area contributed by atoms with Crippen molar-refractivity contribution < 1.29 is 22.5 Å². The van der Waals surface area contributed by atoms with Gasteiger partial charge in [-0.1, -0.05) is 0 Å². The van der Waals surface area contributed by atoms with Crippen molar-refractivity contribution in [2.24, 2.45) is 0 Å². The second-order valence-corrected chi connectivity index (χ2v) is 1.99. The van der Waals surface area contributed by atoms with Crippen LogP contribution in [-0.2, 0) is 15.3 Å². The van der Waals surface area contributed by atoms with E-state index in [9.17, 15) is 14.0 Å². The molecule has 1 unspecified atom stereocenters. The Morgan fingerprint density at radius 2 is 2.00 bits per heavy atom. The predicted octanol–water partition coefficient (Wildman–Crippen LogP) is -2.29. The first-order valence-electron chi connectivity index (χ1n) is 1.06. The van der Waals surface area contributed by atoms with Gasteiger partial charge in [-0.2, -0.15) is 4.21 Å². The predicted molar refractivity (Wildman–Crippen MR) is 24.5 cm³/mol. The summed E-state index contributed by atoms with van der Waals surface area (Å²) < 4.78 is 20.1. The zero-order valence-electron chi connectivity index (χ0n) is 3.44. The quantitative estimate of drug-likeness (QED) is 0.343. The molecule has 0 bridgehead atoms. The van der Waals surface area contributed by atoms with Crippen LogP contribution in [0.2, 0.25) is 0 Å². The number of hydrogen-bond acceptors (Lipinski definition) is 4. The number of rotatable bonds is 2. The molecule has 8 heteroatoms. The molecule has 0 fully saturated rings. The van der Waals surface area contributed by atoms with Crippen LogP contribution < -0.4 is 9.79 Å². The topological polar surface area (TPSA) is 92.7 Å². The van der Waals surface area contributed by atoms with E-state index < -0.39 is 20.0 Å². The molecule has 0 saturated carbocycles. The van der Waals surface area contributed by atoms with E-state index >= 15 is 0 Å². The summed E-state index contributed by atoms with van der Waals surface area (Å²) in [5.74, 6) is 0. The van der Waals surface area contributed by atoms with Gasteiger partial charge in [-0.05, 0) is 0 Å². The molecule has 0 spiro atoms. The van der Waals surface area contributed by atoms with Crippen LogP contribution in [0.4, 0.5) is 0 Å². The minimum absolute atomic E-state index is 0. The Morgan fingerprint density at radius 3 is 2.00 bits per heavy atom. The molecular weight excluding hydrogens is 350 g/mol. The Bertz CT molecular complexity index is 72.8. The van der Waals surface area contributed by atoms with Crippen molar-refractivity contribution in [3.63, 3.8) is 0 Å². The Hall–Kier alpha value is 1.34. The van der Waals surface area contributed by atoms with E-state index in [4.69, 9.17) is 4.55 Å².